The molecule has 0 saturated heterocycles. The number of ketones is 1. The molecule has 2 fully saturated rings. The van der Waals surface area contributed by atoms with Gasteiger partial charge in [0.05, 0.1) is 61.6 Å². The second-order valence-electron chi connectivity index (χ2n) is 14.8. The first-order valence-electron chi connectivity index (χ1n) is 18.1. The SMILES string of the molecule is COc1c2c3c4c(c(NC5CCC(O)CC5)c(O)c5c(=O)cc(OC)c(c6c(OC)cc(NC7CCC(O)CC7)c(c1=O)c63)c54)C=C(C)C2C(C)=O. The number of Topliss-reactive ketones (excluding diaryl/α,β-unsaturated/α-hetero) is 1. The Balaban J connectivity index is 1.63. The molecule has 5 N–H and O–H groups in total. The Bertz CT molecular complexity index is 2420. The smallest absolute Gasteiger partial charge is 0.230 e. The molecule has 0 aromatic heterocycles. The van der Waals surface area contributed by atoms with Crippen molar-refractivity contribution in [3.63, 3.8) is 0 Å². The van der Waals surface area contributed by atoms with Gasteiger partial charge in [0.1, 0.15) is 17.3 Å². The van der Waals surface area contributed by atoms with Crippen LogP contribution in [0.5, 0.6) is 23.0 Å². The highest BCUT2D eigenvalue weighted by Crippen LogP contribution is 2.57. The minimum Gasteiger partial charge on any atom is -0.505 e. The lowest BCUT2D eigenvalue weighted by atomic mass is 9.80. The Morgan fingerprint density at radius 3 is 1.83 bits per heavy atom. The number of hydrogen-bond donors (Lipinski definition) is 5. The van der Waals surface area contributed by atoms with E-state index in [2.05, 4.69) is 10.6 Å². The number of methoxy groups -OCH3 is 3. The fraction of sp³-hybridized carbons (Fsp3) is 0.439. The summed E-state index contributed by atoms with van der Waals surface area (Å²) >= 11 is 0. The molecule has 8 rings (SSSR count). The average Bonchev–Trinajstić information content (AvgIpc) is 3.25. The first kappa shape index (κ1) is 34.2. The lowest BCUT2D eigenvalue weighted by molar-refractivity contribution is -0.117. The fourth-order valence-electron chi connectivity index (χ4n) is 9.41. The number of allylic oxidation sites excluding steroid dienone is 1. The quantitative estimate of drug-likeness (QED) is 0.0714. The Labute approximate surface area is 299 Å². The zero-order valence-electron chi connectivity index (χ0n) is 30.1. The highest BCUT2D eigenvalue weighted by molar-refractivity contribution is 6.40. The largest absolute Gasteiger partial charge is 0.505 e. The molecule has 0 radical (unpaired) electrons. The highest BCUT2D eigenvalue weighted by Gasteiger charge is 2.38. The summed E-state index contributed by atoms with van der Waals surface area (Å²) in [5.41, 5.74) is 1.68. The molecule has 5 aromatic rings. The average molecular weight is 709 g/mol. The Morgan fingerprint density at radius 1 is 0.712 bits per heavy atom. The van der Waals surface area contributed by atoms with Crippen molar-refractivity contribution in [2.24, 2.45) is 0 Å². The lowest BCUT2D eigenvalue weighted by Gasteiger charge is -2.30. The van der Waals surface area contributed by atoms with Gasteiger partial charge in [-0.3, -0.25) is 14.4 Å². The molecule has 0 amide bonds. The number of anilines is 2. The molecule has 0 spiro atoms. The minimum atomic E-state index is -0.876. The van der Waals surface area contributed by atoms with Crippen molar-refractivity contribution in [3.8, 4) is 23.0 Å². The van der Waals surface area contributed by atoms with Crippen LogP contribution in [0.25, 0.3) is 49.2 Å². The van der Waals surface area contributed by atoms with Gasteiger partial charge in [-0.25, -0.2) is 0 Å². The molecule has 2 saturated carbocycles. The third-order valence-electron chi connectivity index (χ3n) is 11.8. The van der Waals surface area contributed by atoms with Crippen LogP contribution in [0.4, 0.5) is 11.4 Å². The lowest BCUT2D eigenvalue weighted by Crippen LogP contribution is -2.29. The van der Waals surface area contributed by atoms with E-state index in [1.807, 2.05) is 13.0 Å². The van der Waals surface area contributed by atoms with Gasteiger partial charge in [0, 0.05) is 62.3 Å². The molecule has 0 aliphatic heterocycles. The topological polar surface area (TPSA) is 164 Å². The van der Waals surface area contributed by atoms with Crippen molar-refractivity contribution in [3.05, 3.63) is 49.3 Å². The van der Waals surface area contributed by atoms with Gasteiger partial charge >= 0.3 is 0 Å². The van der Waals surface area contributed by atoms with Crippen molar-refractivity contribution in [2.75, 3.05) is 32.0 Å². The molecule has 3 aliphatic carbocycles. The van der Waals surface area contributed by atoms with Gasteiger partial charge in [-0.05, 0) is 70.6 Å². The van der Waals surface area contributed by atoms with E-state index in [1.165, 1.54) is 27.2 Å². The predicted octanol–water partition coefficient (Wildman–Crippen LogP) is 6.15. The normalized spacial score (nSPS) is 23.3. The number of nitrogens with one attached hydrogen (secondary N) is 2. The van der Waals surface area contributed by atoms with E-state index in [9.17, 15) is 29.7 Å². The van der Waals surface area contributed by atoms with Gasteiger partial charge in [-0.2, -0.15) is 0 Å². The van der Waals surface area contributed by atoms with Gasteiger partial charge in [0.15, 0.2) is 16.9 Å². The number of carbonyl (C=O) groups excluding carboxylic acids is 1. The number of hydrogen-bond acceptors (Lipinski definition) is 11. The maximum atomic E-state index is 14.9. The molecular formula is C41H44N2O9. The number of rotatable bonds is 8. The van der Waals surface area contributed by atoms with Gasteiger partial charge in [0.25, 0.3) is 0 Å². The number of aromatic hydroxyl groups is 1. The Kier molecular flexibility index (Phi) is 8.34. The number of carbonyl (C=O) groups is 1. The van der Waals surface area contributed by atoms with Gasteiger partial charge in [-0.1, -0.05) is 11.6 Å². The van der Waals surface area contributed by atoms with Gasteiger partial charge in [0.2, 0.25) is 5.43 Å². The monoisotopic (exact) mass is 708 g/mol. The number of phenols is 1. The predicted molar refractivity (Wildman–Crippen MR) is 204 cm³/mol. The van der Waals surface area contributed by atoms with Crippen LogP contribution in [0, 0.1) is 0 Å². The summed E-state index contributed by atoms with van der Waals surface area (Å²) in [4.78, 5) is 42.9. The highest BCUT2D eigenvalue weighted by atomic mass is 16.5. The summed E-state index contributed by atoms with van der Waals surface area (Å²) in [6.07, 6.45) is 6.30. The summed E-state index contributed by atoms with van der Waals surface area (Å²) in [5.74, 6) is -0.587. The van der Waals surface area contributed by atoms with Crippen molar-refractivity contribution >= 4 is 66.3 Å². The molecule has 1 atom stereocenters. The van der Waals surface area contributed by atoms with Crippen molar-refractivity contribution in [2.45, 2.75) is 95.4 Å². The maximum Gasteiger partial charge on any atom is 0.230 e. The third-order valence-corrected chi connectivity index (χ3v) is 11.8. The van der Waals surface area contributed by atoms with Crippen LogP contribution >= 0.6 is 0 Å². The van der Waals surface area contributed by atoms with Crippen LogP contribution in [-0.2, 0) is 4.79 Å². The van der Waals surface area contributed by atoms with Crippen molar-refractivity contribution < 1.29 is 34.3 Å². The number of aliphatic hydroxyl groups excluding tert-OH is 2. The Morgan fingerprint density at radius 2 is 1.27 bits per heavy atom. The second kappa shape index (κ2) is 12.7. The number of aliphatic hydroxyl groups is 2. The van der Waals surface area contributed by atoms with E-state index >= 15 is 0 Å². The van der Waals surface area contributed by atoms with E-state index in [0.717, 1.165) is 0 Å². The van der Waals surface area contributed by atoms with Crippen LogP contribution < -0.4 is 35.7 Å². The molecule has 0 bridgehead atoms. The summed E-state index contributed by atoms with van der Waals surface area (Å²) in [5, 5.41) is 43.4. The molecule has 5 aromatic carbocycles. The third kappa shape index (κ3) is 4.96. The number of ether oxygens (including phenoxy) is 3. The summed E-state index contributed by atoms with van der Waals surface area (Å²) in [6.45, 7) is 3.33. The number of benzene rings is 5. The molecule has 52 heavy (non-hydrogen) atoms. The maximum absolute atomic E-state index is 14.9. The molecule has 0 heterocycles. The van der Waals surface area contributed by atoms with Crippen molar-refractivity contribution in [1.82, 2.24) is 0 Å². The number of fused-ring (bicyclic) bond motifs is 1. The zero-order valence-corrected chi connectivity index (χ0v) is 30.1. The first-order chi connectivity index (χ1) is 25.0. The molecular weight excluding hydrogens is 664 g/mol. The van der Waals surface area contributed by atoms with E-state index in [-0.39, 0.29) is 46.6 Å². The second-order valence-corrected chi connectivity index (χ2v) is 14.8. The number of phenolic OH excluding ortho intramolecular Hbond substituents is 1. The van der Waals surface area contributed by atoms with E-state index < -0.39 is 22.9 Å². The van der Waals surface area contributed by atoms with Crippen molar-refractivity contribution in [1.29, 1.82) is 0 Å². The van der Waals surface area contributed by atoms with Crippen LogP contribution in [0.3, 0.4) is 0 Å². The van der Waals surface area contributed by atoms with Gasteiger partial charge in [-0.15, -0.1) is 0 Å². The van der Waals surface area contributed by atoms with E-state index in [4.69, 9.17) is 14.2 Å². The van der Waals surface area contributed by atoms with Crippen LogP contribution in [-0.4, -0.2) is 66.7 Å². The Hall–Kier alpha value is -4.87. The molecule has 11 nitrogen and oxygen atoms in total. The van der Waals surface area contributed by atoms with E-state index in [0.29, 0.717) is 123 Å². The minimum absolute atomic E-state index is 0.0196. The summed E-state index contributed by atoms with van der Waals surface area (Å²) in [7, 11) is 4.45. The van der Waals surface area contributed by atoms with Gasteiger partial charge < -0.3 is 40.2 Å². The molecule has 1 unspecified atom stereocenters. The first-order valence-corrected chi connectivity index (χ1v) is 18.1. The molecule has 3 aliphatic rings. The molecule has 11 heteroatoms. The molecule has 272 valence electrons. The summed E-state index contributed by atoms with van der Waals surface area (Å²) < 4.78 is 18.0. The van der Waals surface area contributed by atoms with Crippen LogP contribution in [0.2, 0.25) is 0 Å². The zero-order chi connectivity index (χ0) is 36.7. The summed E-state index contributed by atoms with van der Waals surface area (Å²) in [6, 6.07) is 3.03. The van der Waals surface area contributed by atoms with Crippen LogP contribution in [0.15, 0.2) is 27.3 Å². The fourth-order valence-corrected chi connectivity index (χ4v) is 9.41. The standard InChI is InChI=1S/C41H44N2O9/c1-17-14-23-29-34-31(39(48)38(23)43-20-8-12-22(46)13-9-20)25(47)16-27(51-4)33(34)32-26(50-3)15-24(42-19-6-10-21(45)11-7-19)30-36(32)35(29)37(28(17)18(2)44)41(52-5)40(30)49/h14-16,19-22,28,42-43,45-46,48H,6-13H2,1-5H3. The van der Waals surface area contributed by atoms with Crippen LogP contribution in [0.1, 0.15) is 82.3 Å². The van der Waals surface area contributed by atoms with E-state index in [1.54, 1.807) is 13.2 Å².